The van der Waals surface area contributed by atoms with Crippen molar-refractivity contribution >= 4 is 34.2 Å². The molecular weight excluding hydrogens is 412 g/mol. The zero-order chi connectivity index (χ0) is 22.0. The highest BCUT2D eigenvalue weighted by molar-refractivity contribution is 6.30. The van der Waals surface area contributed by atoms with E-state index in [4.69, 9.17) is 16.3 Å². The zero-order valence-corrected chi connectivity index (χ0v) is 18.3. The third kappa shape index (κ3) is 4.86. The Bertz CT molecular complexity index is 1220. The van der Waals surface area contributed by atoms with Crippen LogP contribution in [0.3, 0.4) is 0 Å². The molecule has 0 saturated carbocycles. The van der Waals surface area contributed by atoms with Crippen LogP contribution in [0.4, 0.5) is 5.69 Å². The number of carbonyl (C=O) groups is 1. The highest BCUT2D eigenvalue weighted by Gasteiger charge is 2.11. The molecule has 1 amide bonds. The van der Waals surface area contributed by atoms with Crippen molar-refractivity contribution in [2.24, 2.45) is 0 Å². The second-order valence-corrected chi connectivity index (χ2v) is 8.12. The number of aryl methyl sites for hydroxylation is 1. The van der Waals surface area contributed by atoms with Gasteiger partial charge in [-0.2, -0.15) is 4.80 Å². The minimum Gasteiger partial charge on any atom is -0.484 e. The van der Waals surface area contributed by atoms with Gasteiger partial charge in [0.25, 0.3) is 5.91 Å². The second kappa shape index (κ2) is 8.78. The maximum Gasteiger partial charge on any atom is 0.262 e. The molecule has 1 heterocycles. The first-order valence-corrected chi connectivity index (χ1v) is 10.4. The standard InChI is InChI=1S/C24H23ClN4O2/c1-15(2)17-4-8-19(9-5-17)29-27-22-12-16(3)21(13-23(22)28-29)26-24(30)14-31-20-10-6-18(25)7-11-20/h4-13,15H,14H2,1-3H3,(H,26,30). The summed E-state index contributed by atoms with van der Waals surface area (Å²) in [4.78, 5) is 14.0. The number of benzene rings is 3. The molecule has 0 saturated heterocycles. The molecule has 0 fully saturated rings. The molecule has 4 rings (SSSR count). The SMILES string of the molecule is Cc1cc2nn(-c3ccc(C(C)C)cc3)nc2cc1NC(=O)COc1ccc(Cl)cc1. The van der Waals surface area contributed by atoms with Crippen LogP contribution in [0.5, 0.6) is 5.75 Å². The summed E-state index contributed by atoms with van der Waals surface area (Å²) in [7, 11) is 0. The molecule has 0 atom stereocenters. The van der Waals surface area contributed by atoms with E-state index in [1.165, 1.54) is 5.56 Å². The van der Waals surface area contributed by atoms with E-state index in [0.29, 0.717) is 27.9 Å². The van der Waals surface area contributed by atoms with Crippen LogP contribution in [-0.2, 0) is 4.79 Å². The van der Waals surface area contributed by atoms with E-state index in [2.05, 4.69) is 41.5 Å². The fourth-order valence-corrected chi connectivity index (χ4v) is 3.30. The molecule has 0 spiro atoms. The second-order valence-electron chi connectivity index (χ2n) is 7.68. The van der Waals surface area contributed by atoms with Crippen molar-refractivity contribution in [1.29, 1.82) is 0 Å². The minimum absolute atomic E-state index is 0.103. The van der Waals surface area contributed by atoms with Crippen molar-refractivity contribution in [3.05, 3.63) is 76.8 Å². The van der Waals surface area contributed by atoms with Gasteiger partial charge in [-0.25, -0.2) is 0 Å². The first-order valence-electron chi connectivity index (χ1n) is 10.1. The Morgan fingerprint density at radius 3 is 2.32 bits per heavy atom. The van der Waals surface area contributed by atoms with Gasteiger partial charge in [0, 0.05) is 10.7 Å². The first-order chi connectivity index (χ1) is 14.9. The minimum atomic E-state index is -0.255. The van der Waals surface area contributed by atoms with Crippen LogP contribution < -0.4 is 10.1 Å². The van der Waals surface area contributed by atoms with Crippen molar-refractivity contribution in [1.82, 2.24) is 15.0 Å². The van der Waals surface area contributed by atoms with Crippen molar-refractivity contribution < 1.29 is 9.53 Å². The fraction of sp³-hybridized carbons (Fsp3) is 0.208. The molecule has 0 aliphatic rings. The van der Waals surface area contributed by atoms with Crippen LogP contribution >= 0.6 is 11.6 Å². The third-order valence-electron chi connectivity index (χ3n) is 4.97. The molecule has 0 radical (unpaired) electrons. The van der Waals surface area contributed by atoms with E-state index in [0.717, 1.165) is 16.8 Å². The topological polar surface area (TPSA) is 69.0 Å². The van der Waals surface area contributed by atoms with Crippen LogP contribution in [0.15, 0.2) is 60.7 Å². The van der Waals surface area contributed by atoms with Crippen LogP contribution in [0.25, 0.3) is 16.7 Å². The lowest BCUT2D eigenvalue weighted by atomic mass is 10.0. The quantitative estimate of drug-likeness (QED) is 0.433. The zero-order valence-electron chi connectivity index (χ0n) is 17.6. The number of hydrogen-bond donors (Lipinski definition) is 1. The Morgan fingerprint density at radius 1 is 1.03 bits per heavy atom. The summed E-state index contributed by atoms with van der Waals surface area (Å²) in [5.74, 6) is 0.795. The number of rotatable bonds is 6. The molecule has 1 N–H and O–H groups in total. The molecule has 0 aliphatic heterocycles. The van der Waals surface area contributed by atoms with Gasteiger partial charge in [0.1, 0.15) is 16.8 Å². The lowest BCUT2D eigenvalue weighted by Gasteiger charge is -2.09. The molecule has 158 valence electrons. The Labute approximate surface area is 185 Å². The molecule has 0 bridgehead atoms. The Balaban J connectivity index is 1.49. The molecule has 4 aromatic rings. The maximum absolute atomic E-state index is 12.4. The van der Waals surface area contributed by atoms with Crippen molar-refractivity contribution in [3.63, 3.8) is 0 Å². The first kappa shape index (κ1) is 20.9. The molecule has 1 aromatic heterocycles. The average molecular weight is 435 g/mol. The predicted octanol–water partition coefficient (Wildman–Crippen LogP) is 5.52. The fourth-order valence-electron chi connectivity index (χ4n) is 3.18. The molecule has 0 unspecified atom stereocenters. The lowest BCUT2D eigenvalue weighted by molar-refractivity contribution is -0.118. The maximum atomic E-state index is 12.4. The van der Waals surface area contributed by atoms with Crippen molar-refractivity contribution in [2.45, 2.75) is 26.7 Å². The van der Waals surface area contributed by atoms with Gasteiger partial charge >= 0.3 is 0 Å². The number of aromatic nitrogens is 3. The van der Waals surface area contributed by atoms with Gasteiger partial charge in [0.05, 0.1) is 5.69 Å². The van der Waals surface area contributed by atoms with Crippen molar-refractivity contribution in [3.8, 4) is 11.4 Å². The van der Waals surface area contributed by atoms with E-state index in [-0.39, 0.29) is 12.5 Å². The van der Waals surface area contributed by atoms with Gasteiger partial charge in [-0.3, -0.25) is 4.79 Å². The Morgan fingerprint density at radius 2 is 1.68 bits per heavy atom. The van der Waals surface area contributed by atoms with Gasteiger partial charge < -0.3 is 10.1 Å². The molecule has 0 aliphatic carbocycles. The number of ether oxygens (including phenoxy) is 1. The number of nitrogens with one attached hydrogen (secondary N) is 1. The predicted molar refractivity (Wildman–Crippen MR) is 123 cm³/mol. The molecule has 3 aromatic carbocycles. The highest BCUT2D eigenvalue weighted by Crippen LogP contribution is 2.23. The normalized spacial score (nSPS) is 11.1. The van der Waals surface area contributed by atoms with Crippen molar-refractivity contribution in [2.75, 3.05) is 11.9 Å². The van der Waals surface area contributed by atoms with Gasteiger partial charge in [0.2, 0.25) is 0 Å². The number of halogens is 1. The number of nitrogens with zero attached hydrogens (tertiary/aromatic N) is 3. The van der Waals surface area contributed by atoms with Crippen LogP contribution in [-0.4, -0.2) is 27.5 Å². The molecule has 31 heavy (non-hydrogen) atoms. The molecule has 7 heteroatoms. The summed E-state index contributed by atoms with van der Waals surface area (Å²) in [5, 5.41) is 12.7. The van der Waals surface area contributed by atoms with E-state index in [1.807, 2.05) is 31.2 Å². The Kier molecular flexibility index (Phi) is 5.91. The van der Waals surface area contributed by atoms with Crippen LogP contribution in [0.1, 0.15) is 30.9 Å². The monoisotopic (exact) mass is 434 g/mol. The number of anilines is 1. The Hall–Kier alpha value is -3.38. The summed E-state index contributed by atoms with van der Waals surface area (Å²) in [5.41, 5.74) is 5.20. The molecule has 6 nitrogen and oxygen atoms in total. The van der Waals surface area contributed by atoms with Gasteiger partial charge in [-0.15, -0.1) is 10.2 Å². The summed E-state index contributed by atoms with van der Waals surface area (Å²) < 4.78 is 5.51. The lowest BCUT2D eigenvalue weighted by Crippen LogP contribution is -2.20. The van der Waals surface area contributed by atoms with E-state index in [9.17, 15) is 4.79 Å². The highest BCUT2D eigenvalue weighted by atomic mass is 35.5. The summed E-state index contributed by atoms with van der Waals surface area (Å²) in [6.07, 6.45) is 0. The van der Waals surface area contributed by atoms with Gasteiger partial charge in [-0.05, 0) is 72.5 Å². The number of hydrogen-bond acceptors (Lipinski definition) is 4. The van der Waals surface area contributed by atoms with Crippen LogP contribution in [0, 0.1) is 6.92 Å². The van der Waals surface area contributed by atoms with E-state index < -0.39 is 0 Å². The average Bonchev–Trinajstić information content (AvgIpc) is 3.16. The van der Waals surface area contributed by atoms with E-state index >= 15 is 0 Å². The smallest absolute Gasteiger partial charge is 0.262 e. The third-order valence-corrected chi connectivity index (χ3v) is 5.23. The number of amides is 1. The molecular formula is C24H23ClN4O2. The van der Waals surface area contributed by atoms with E-state index in [1.54, 1.807) is 29.1 Å². The number of fused-ring (bicyclic) bond motifs is 1. The van der Waals surface area contributed by atoms with Gasteiger partial charge in [0.15, 0.2) is 6.61 Å². The summed E-state index contributed by atoms with van der Waals surface area (Å²) in [6, 6.07) is 18.8. The number of carbonyl (C=O) groups excluding carboxylic acids is 1. The summed E-state index contributed by atoms with van der Waals surface area (Å²) >= 11 is 5.86. The van der Waals surface area contributed by atoms with Gasteiger partial charge in [-0.1, -0.05) is 37.6 Å². The van der Waals surface area contributed by atoms with Crippen LogP contribution in [0.2, 0.25) is 5.02 Å². The summed E-state index contributed by atoms with van der Waals surface area (Å²) in [6.45, 7) is 6.14. The largest absolute Gasteiger partial charge is 0.484 e.